The average Bonchev–Trinajstić information content (AvgIpc) is 2.70. The van der Waals surface area contributed by atoms with E-state index in [0.717, 1.165) is 39.8 Å². The third-order valence-corrected chi connectivity index (χ3v) is 9.84. The van der Waals surface area contributed by atoms with Gasteiger partial charge in [-0.1, -0.05) is 89.6 Å². The maximum absolute atomic E-state index is 13.4. The molecule has 3 nitrogen and oxygen atoms in total. The highest BCUT2D eigenvalue weighted by molar-refractivity contribution is 8.32. The zero-order valence-electron chi connectivity index (χ0n) is 15.1. The van der Waals surface area contributed by atoms with Crippen LogP contribution < -0.4 is 0 Å². The molecule has 0 saturated heterocycles. The van der Waals surface area contributed by atoms with Gasteiger partial charge in [0.05, 0.1) is 11.5 Å². The van der Waals surface area contributed by atoms with Crippen LogP contribution in [0.1, 0.15) is 11.1 Å². The van der Waals surface area contributed by atoms with Crippen LogP contribution in [0, 0.1) is 6.92 Å². The van der Waals surface area contributed by atoms with Gasteiger partial charge in [0.15, 0.2) is 0 Å². The molecule has 28 heavy (non-hydrogen) atoms. The van der Waals surface area contributed by atoms with Gasteiger partial charge in [0.1, 0.15) is 0 Å². The lowest BCUT2D eigenvalue weighted by Gasteiger charge is -2.25. The number of aryl methyl sites for hydroxylation is 1. The maximum Gasteiger partial charge on any atom is 0.270 e. The lowest BCUT2D eigenvalue weighted by Crippen LogP contribution is -2.26. The third-order valence-electron chi connectivity index (χ3n) is 3.86. The fourth-order valence-corrected chi connectivity index (χ4v) is 7.08. The second kappa shape index (κ2) is 9.37. The first-order chi connectivity index (χ1) is 13.4. The van der Waals surface area contributed by atoms with E-state index in [9.17, 15) is 8.42 Å². The fourth-order valence-electron chi connectivity index (χ4n) is 2.35. The summed E-state index contributed by atoms with van der Waals surface area (Å²) in [5, 5.41) is 0. The zero-order chi connectivity index (χ0) is 20.0. The van der Waals surface area contributed by atoms with Gasteiger partial charge >= 0.3 is 0 Å². The Morgan fingerprint density at radius 3 is 2.07 bits per heavy atom. The van der Waals surface area contributed by atoms with Crippen molar-refractivity contribution in [2.45, 2.75) is 26.2 Å². The molecular weight excluding hydrogens is 432 g/mol. The van der Waals surface area contributed by atoms with E-state index in [1.165, 1.54) is 0 Å². The molecule has 7 heteroatoms. The van der Waals surface area contributed by atoms with E-state index in [1.54, 1.807) is 24.3 Å². The number of benzene rings is 3. The first-order valence-corrected chi connectivity index (χ1v) is 11.9. The predicted octanol–water partition coefficient (Wildman–Crippen LogP) is 6.28. The second-order valence-corrected chi connectivity index (χ2v) is 12.5. The van der Waals surface area contributed by atoms with Crippen molar-refractivity contribution in [3.63, 3.8) is 0 Å². The summed E-state index contributed by atoms with van der Waals surface area (Å²) < 4.78 is 30.6. The Morgan fingerprint density at radius 2 is 1.46 bits per heavy atom. The molecule has 0 heterocycles. The Hall–Kier alpha value is -1.44. The lowest BCUT2D eigenvalue weighted by atomic mass is 10.2. The number of sulfone groups is 1. The van der Waals surface area contributed by atoms with E-state index in [2.05, 4.69) is 0 Å². The standard InChI is InChI=1S/C21H19ClO3S3/c1-17-12-14-20(15-13-17)28(23,24)21(22,26-19-10-6-3-7-11-19)27-25-16-18-8-4-2-5-9-18/h2-15H,16H2,1H3. The summed E-state index contributed by atoms with van der Waals surface area (Å²) in [5.41, 5.74) is 1.91. The quantitative estimate of drug-likeness (QED) is 0.175. The summed E-state index contributed by atoms with van der Waals surface area (Å²) in [5.74, 6) is 0. The van der Waals surface area contributed by atoms with Crippen molar-refractivity contribution in [1.29, 1.82) is 0 Å². The minimum Gasteiger partial charge on any atom is -0.307 e. The van der Waals surface area contributed by atoms with Crippen LogP contribution in [0.2, 0.25) is 0 Å². The zero-order valence-corrected chi connectivity index (χ0v) is 18.3. The second-order valence-electron chi connectivity index (χ2n) is 6.04. The molecule has 3 aromatic rings. The van der Waals surface area contributed by atoms with Gasteiger partial charge in [0, 0.05) is 16.9 Å². The van der Waals surface area contributed by atoms with Gasteiger partial charge in [-0.25, -0.2) is 8.42 Å². The molecule has 0 amide bonds. The van der Waals surface area contributed by atoms with Gasteiger partial charge in [0.25, 0.3) is 2.87 Å². The lowest BCUT2D eigenvalue weighted by molar-refractivity contribution is 0.364. The number of hydrogen-bond donors (Lipinski definition) is 0. The van der Waals surface area contributed by atoms with Gasteiger partial charge in [-0.15, -0.1) is 0 Å². The van der Waals surface area contributed by atoms with Crippen LogP contribution in [0.3, 0.4) is 0 Å². The van der Waals surface area contributed by atoms with Crippen molar-refractivity contribution >= 4 is 45.2 Å². The molecule has 0 aromatic heterocycles. The third kappa shape index (κ3) is 5.13. The van der Waals surface area contributed by atoms with E-state index in [0.29, 0.717) is 0 Å². The molecule has 3 rings (SSSR count). The molecule has 0 fully saturated rings. The van der Waals surface area contributed by atoms with Gasteiger partial charge < -0.3 is 4.18 Å². The van der Waals surface area contributed by atoms with Crippen molar-refractivity contribution in [1.82, 2.24) is 0 Å². The van der Waals surface area contributed by atoms with E-state index < -0.39 is 12.7 Å². The molecular formula is C21H19ClO3S3. The molecule has 0 spiro atoms. The number of thioether (sulfide) groups is 1. The van der Waals surface area contributed by atoms with E-state index >= 15 is 0 Å². The van der Waals surface area contributed by atoms with E-state index in [4.69, 9.17) is 15.8 Å². The largest absolute Gasteiger partial charge is 0.307 e. The van der Waals surface area contributed by atoms with Crippen molar-refractivity contribution in [3.8, 4) is 0 Å². The molecule has 0 aliphatic rings. The summed E-state index contributed by atoms with van der Waals surface area (Å²) in [6, 6.07) is 25.4. The van der Waals surface area contributed by atoms with Gasteiger partial charge in [-0.3, -0.25) is 0 Å². The summed E-state index contributed by atoms with van der Waals surface area (Å²) in [6.07, 6.45) is 0. The van der Waals surface area contributed by atoms with Crippen LogP contribution in [-0.4, -0.2) is 11.3 Å². The molecule has 1 atom stereocenters. The highest BCUT2D eigenvalue weighted by atomic mass is 35.5. The highest BCUT2D eigenvalue weighted by Crippen LogP contribution is 2.52. The molecule has 0 saturated carbocycles. The minimum absolute atomic E-state index is 0.160. The van der Waals surface area contributed by atoms with E-state index in [-0.39, 0.29) is 11.5 Å². The van der Waals surface area contributed by atoms with Crippen LogP contribution in [0.25, 0.3) is 0 Å². The van der Waals surface area contributed by atoms with Crippen molar-refractivity contribution < 1.29 is 12.6 Å². The average molecular weight is 451 g/mol. The monoisotopic (exact) mass is 450 g/mol. The van der Waals surface area contributed by atoms with Crippen molar-refractivity contribution in [2.24, 2.45) is 0 Å². The number of halogens is 1. The smallest absolute Gasteiger partial charge is 0.270 e. The molecule has 0 bridgehead atoms. The Bertz CT molecular complexity index is 994. The predicted molar refractivity (Wildman–Crippen MR) is 118 cm³/mol. The van der Waals surface area contributed by atoms with Crippen LogP contribution in [-0.2, 0) is 20.6 Å². The molecule has 0 radical (unpaired) electrons. The van der Waals surface area contributed by atoms with E-state index in [1.807, 2.05) is 67.6 Å². The minimum atomic E-state index is -3.90. The molecule has 0 N–H and O–H groups in total. The Labute approximate surface area is 179 Å². The van der Waals surface area contributed by atoms with Gasteiger partial charge in [-0.05, 0) is 36.8 Å². The highest BCUT2D eigenvalue weighted by Gasteiger charge is 2.46. The molecule has 3 aromatic carbocycles. The summed E-state index contributed by atoms with van der Waals surface area (Å²) in [6.45, 7) is 2.15. The molecule has 0 aliphatic heterocycles. The SMILES string of the molecule is Cc1ccc(S(=O)(=O)C(Cl)(SOCc2ccccc2)Sc2ccccc2)cc1. The molecule has 1 unspecified atom stereocenters. The van der Waals surface area contributed by atoms with Crippen molar-refractivity contribution in [3.05, 3.63) is 96.1 Å². The fraction of sp³-hybridized carbons (Fsp3) is 0.143. The van der Waals surface area contributed by atoms with Crippen LogP contribution >= 0.6 is 35.4 Å². The van der Waals surface area contributed by atoms with Crippen LogP contribution in [0.4, 0.5) is 0 Å². The van der Waals surface area contributed by atoms with Gasteiger partial charge in [-0.2, -0.15) is 0 Å². The van der Waals surface area contributed by atoms with Crippen molar-refractivity contribution in [2.75, 3.05) is 0 Å². The maximum atomic E-state index is 13.4. The van der Waals surface area contributed by atoms with Crippen LogP contribution in [0.15, 0.2) is 94.7 Å². The summed E-state index contributed by atoms with van der Waals surface area (Å²) >= 11 is 8.53. The normalized spacial score (nSPS) is 13.8. The molecule has 146 valence electrons. The Balaban J connectivity index is 1.87. The number of alkyl halides is 1. The topological polar surface area (TPSA) is 43.4 Å². The Morgan fingerprint density at radius 1 is 0.893 bits per heavy atom. The number of hydrogen-bond acceptors (Lipinski definition) is 5. The summed E-state index contributed by atoms with van der Waals surface area (Å²) in [7, 11) is -3.90. The first kappa shape index (κ1) is 21.3. The molecule has 0 aliphatic carbocycles. The first-order valence-electron chi connectivity index (χ1n) is 8.49. The van der Waals surface area contributed by atoms with Gasteiger partial charge in [0.2, 0.25) is 9.84 Å². The van der Waals surface area contributed by atoms with Crippen LogP contribution in [0.5, 0.6) is 0 Å². The summed E-state index contributed by atoms with van der Waals surface area (Å²) in [4.78, 5) is 0.899. The number of rotatable bonds is 8. The Kier molecular flexibility index (Phi) is 7.12.